The summed E-state index contributed by atoms with van der Waals surface area (Å²) in [5.74, 6) is 2.20. The van der Waals surface area contributed by atoms with E-state index in [0.29, 0.717) is 17.2 Å². The minimum Gasteiger partial charge on any atom is -0.497 e. The van der Waals surface area contributed by atoms with Crippen molar-refractivity contribution < 1.29 is 19.0 Å². The first-order chi connectivity index (χ1) is 13.6. The average molecular weight is 407 g/mol. The number of ether oxygens (including phenoxy) is 3. The second kappa shape index (κ2) is 9.79. The lowest BCUT2D eigenvalue weighted by molar-refractivity contribution is -0.113. The molecule has 9 heteroatoms. The first kappa shape index (κ1) is 20.5. The number of anilines is 1. The molecule has 1 amide bonds. The zero-order chi connectivity index (χ0) is 19.9. The number of rotatable bonds is 9. The number of thioether (sulfide) groups is 1. The van der Waals surface area contributed by atoms with Gasteiger partial charge in [-0.15, -0.1) is 10.2 Å². The molecule has 1 atom stereocenters. The molecule has 0 bridgehead atoms. The summed E-state index contributed by atoms with van der Waals surface area (Å²) in [6.07, 6.45) is 3.10. The Hall–Kier alpha value is -2.26. The van der Waals surface area contributed by atoms with E-state index in [9.17, 15) is 4.79 Å². The fraction of sp³-hybridized carbons (Fsp3) is 0.526. The SMILES string of the molecule is CCc1nnc(SCC(=O)Nc2cc(OC)ccc2OC)n1CC1CCCO1. The first-order valence-corrected chi connectivity index (χ1v) is 10.3. The fourth-order valence-electron chi connectivity index (χ4n) is 3.09. The Labute approximate surface area is 168 Å². The van der Waals surface area contributed by atoms with Crippen LogP contribution in [-0.4, -0.2) is 53.4 Å². The zero-order valence-electron chi connectivity index (χ0n) is 16.4. The van der Waals surface area contributed by atoms with Crippen molar-refractivity contribution in [3.63, 3.8) is 0 Å². The maximum absolute atomic E-state index is 12.5. The lowest BCUT2D eigenvalue weighted by Gasteiger charge is -2.14. The van der Waals surface area contributed by atoms with Gasteiger partial charge in [-0.2, -0.15) is 0 Å². The largest absolute Gasteiger partial charge is 0.497 e. The van der Waals surface area contributed by atoms with E-state index in [1.54, 1.807) is 32.4 Å². The molecular weight excluding hydrogens is 380 g/mol. The molecule has 2 aromatic rings. The molecule has 3 rings (SSSR count). The van der Waals surface area contributed by atoms with Crippen molar-refractivity contribution >= 4 is 23.4 Å². The van der Waals surface area contributed by atoms with E-state index in [4.69, 9.17) is 14.2 Å². The maximum Gasteiger partial charge on any atom is 0.234 e. The van der Waals surface area contributed by atoms with Gasteiger partial charge in [-0.1, -0.05) is 18.7 Å². The molecular formula is C19H26N4O4S. The molecule has 1 aromatic carbocycles. The van der Waals surface area contributed by atoms with Gasteiger partial charge in [0.05, 0.1) is 38.3 Å². The molecule has 1 aliphatic heterocycles. The molecule has 0 radical (unpaired) electrons. The highest BCUT2D eigenvalue weighted by molar-refractivity contribution is 7.99. The minimum atomic E-state index is -0.152. The van der Waals surface area contributed by atoms with Crippen LogP contribution in [0.2, 0.25) is 0 Å². The summed E-state index contributed by atoms with van der Waals surface area (Å²) >= 11 is 1.37. The van der Waals surface area contributed by atoms with Crippen LogP contribution in [-0.2, 0) is 22.5 Å². The Morgan fingerprint density at radius 3 is 2.89 bits per heavy atom. The van der Waals surface area contributed by atoms with Gasteiger partial charge in [-0.05, 0) is 25.0 Å². The molecule has 0 spiro atoms. The van der Waals surface area contributed by atoms with Crippen molar-refractivity contribution in [1.82, 2.24) is 14.8 Å². The molecule has 2 heterocycles. The van der Waals surface area contributed by atoms with Gasteiger partial charge in [-0.25, -0.2) is 0 Å². The predicted molar refractivity (Wildman–Crippen MR) is 107 cm³/mol. The Kier molecular flexibility index (Phi) is 7.16. The van der Waals surface area contributed by atoms with E-state index < -0.39 is 0 Å². The average Bonchev–Trinajstić information content (AvgIpc) is 3.36. The summed E-state index contributed by atoms with van der Waals surface area (Å²) < 4.78 is 18.3. The Morgan fingerprint density at radius 1 is 1.36 bits per heavy atom. The molecule has 1 saturated heterocycles. The van der Waals surface area contributed by atoms with E-state index in [-0.39, 0.29) is 17.8 Å². The third kappa shape index (κ3) is 4.96. The highest BCUT2D eigenvalue weighted by Gasteiger charge is 2.21. The molecule has 1 aliphatic rings. The molecule has 1 fully saturated rings. The van der Waals surface area contributed by atoms with Crippen LogP contribution in [0.3, 0.4) is 0 Å². The van der Waals surface area contributed by atoms with Crippen LogP contribution < -0.4 is 14.8 Å². The molecule has 0 aliphatic carbocycles. The summed E-state index contributed by atoms with van der Waals surface area (Å²) in [5.41, 5.74) is 0.572. The second-order valence-electron chi connectivity index (χ2n) is 6.40. The van der Waals surface area contributed by atoms with E-state index in [1.165, 1.54) is 11.8 Å². The van der Waals surface area contributed by atoms with Crippen LogP contribution in [0.5, 0.6) is 11.5 Å². The Bertz CT molecular complexity index is 805. The Morgan fingerprint density at radius 2 is 2.21 bits per heavy atom. The number of hydrogen-bond acceptors (Lipinski definition) is 7. The summed E-state index contributed by atoms with van der Waals surface area (Å²) in [5, 5.41) is 12.1. The van der Waals surface area contributed by atoms with Crippen molar-refractivity contribution in [2.45, 2.75) is 44.0 Å². The van der Waals surface area contributed by atoms with Gasteiger partial charge in [-0.3, -0.25) is 4.79 Å². The third-order valence-corrected chi connectivity index (χ3v) is 5.50. The van der Waals surface area contributed by atoms with Crippen LogP contribution in [0.25, 0.3) is 0 Å². The standard InChI is InChI=1S/C19H26N4O4S/c1-4-17-21-22-19(23(17)11-14-6-5-9-27-14)28-12-18(24)20-15-10-13(25-2)7-8-16(15)26-3/h7-8,10,14H,4-6,9,11-12H2,1-3H3,(H,20,24). The number of nitrogens with one attached hydrogen (secondary N) is 1. The van der Waals surface area contributed by atoms with Gasteiger partial charge >= 0.3 is 0 Å². The number of carbonyl (C=O) groups is 1. The zero-order valence-corrected chi connectivity index (χ0v) is 17.3. The molecule has 1 aromatic heterocycles. The third-order valence-electron chi connectivity index (χ3n) is 4.53. The summed E-state index contributed by atoms with van der Waals surface area (Å²) in [7, 11) is 3.14. The first-order valence-electron chi connectivity index (χ1n) is 9.33. The van der Waals surface area contributed by atoms with Crippen LogP contribution in [0.1, 0.15) is 25.6 Å². The smallest absolute Gasteiger partial charge is 0.234 e. The molecule has 0 saturated carbocycles. The predicted octanol–water partition coefficient (Wildman–Crippen LogP) is 2.77. The van der Waals surface area contributed by atoms with Gasteiger partial charge in [0.15, 0.2) is 5.16 Å². The number of aromatic nitrogens is 3. The number of carbonyl (C=O) groups excluding carboxylic acids is 1. The topological polar surface area (TPSA) is 87.5 Å². The number of methoxy groups -OCH3 is 2. The van der Waals surface area contributed by atoms with Crippen molar-refractivity contribution in [3.8, 4) is 11.5 Å². The van der Waals surface area contributed by atoms with E-state index in [1.807, 2.05) is 6.92 Å². The van der Waals surface area contributed by atoms with Gasteiger partial charge in [0.1, 0.15) is 17.3 Å². The summed E-state index contributed by atoms with van der Waals surface area (Å²) in [6, 6.07) is 5.27. The fourth-order valence-corrected chi connectivity index (χ4v) is 3.86. The summed E-state index contributed by atoms with van der Waals surface area (Å²) in [6.45, 7) is 3.58. The van der Waals surface area contributed by atoms with Crippen LogP contribution in [0.15, 0.2) is 23.4 Å². The van der Waals surface area contributed by atoms with Crippen LogP contribution in [0.4, 0.5) is 5.69 Å². The van der Waals surface area contributed by atoms with Gasteiger partial charge < -0.3 is 24.1 Å². The van der Waals surface area contributed by atoms with Crippen molar-refractivity contribution in [2.75, 3.05) is 31.9 Å². The number of hydrogen-bond donors (Lipinski definition) is 1. The second-order valence-corrected chi connectivity index (χ2v) is 7.34. The number of amides is 1. The maximum atomic E-state index is 12.5. The number of nitrogens with zero attached hydrogens (tertiary/aromatic N) is 3. The van der Waals surface area contributed by atoms with Gasteiger partial charge in [0.2, 0.25) is 5.91 Å². The van der Waals surface area contributed by atoms with E-state index in [2.05, 4.69) is 20.1 Å². The highest BCUT2D eigenvalue weighted by atomic mass is 32.2. The number of aryl methyl sites for hydroxylation is 1. The molecule has 1 N–H and O–H groups in total. The van der Waals surface area contributed by atoms with Crippen molar-refractivity contribution in [2.24, 2.45) is 0 Å². The summed E-state index contributed by atoms with van der Waals surface area (Å²) in [4.78, 5) is 12.5. The monoisotopic (exact) mass is 406 g/mol. The van der Waals surface area contributed by atoms with Gasteiger partial charge in [0, 0.05) is 19.1 Å². The molecule has 28 heavy (non-hydrogen) atoms. The number of benzene rings is 1. The van der Waals surface area contributed by atoms with Gasteiger partial charge in [0.25, 0.3) is 0 Å². The minimum absolute atomic E-state index is 0.152. The lowest BCUT2D eigenvalue weighted by atomic mass is 10.2. The lowest BCUT2D eigenvalue weighted by Crippen LogP contribution is -2.19. The molecule has 1 unspecified atom stereocenters. The Balaban J connectivity index is 1.64. The highest BCUT2D eigenvalue weighted by Crippen LogP contribution is 2.29. The van der Waals surface area contributed by atoms with Crippen LogP contribution in [0, 0.1) is 0 Å². The van der Waals surface area contributed by atoms with Crippen molar-refractivity contribution in [1.29, 1.82) is 0 Å². The van der Waals surface area contributed by atoms with Crippen LogP contribution >= 0.6 is 11.8 Å². The molecule has 8 nitrogen and oxygen atoms in total. The quantitative estimate of drug-likeness (QED) is 0.641. The normalized spacial score (nSPS) is 16.2. The van der Waals surface area contributed by atoms with E-state index >= 15 is 0 Å². The van der Waals surface area contributed by atoms with Crippen molar-refractivity contribution in [3.05, 3.63) is 24.0 Å². The molecule has 152 valence electrons. The van der Waals surface area contributed by atoms with E-state index in [0.717, 1.165) is 43.4 Å².